The molecule has 1 aromatic carbocycles. The predicted molar refractivity (Wildman–Crippen MR) is 98.7 cm³/mol. The number of alkyl halides is 3. The zero-order chi connectivity index (χ0) is 21.5. The van der Waals surface area contributed by atoms with E-state index in [1.807, 2.05) is 0 Å². The number of halogens is 3. The number of rotatable bonds is 4. The average Bonchev–Trinajstić information content (AvgIpc) is 3.28. The van der Waals surface area contributed by atoms with Crippen molar-refractivity contribution in [3.63, 3.8) is 0 Å². The first-order valence-corrected chi connectivity index (χ1v) is 9.31. The topological polar surface area (TPSA) is 82.3 Å². The molecule has 0 radical (unpaired) electrons. The van der Waals surface area contributed by atoms with Gasteiger partial charge in [-0.05, 0) is 18.6 Å². The van der Waals surface area contributed by atoms with E-state index < -0.39 is 11.7 Å². The summed E-state index contributed by atoms with van der Waals surface area (Å²) in [5.41, 5.74) is 0.199. The molecule has 3 heterocycles. The molecule has 2 aromatic rings. The van der Waals surface area contributed by atoms with Gasteiger partial charge in [0, 0.05) is 31.0 Å². The number of nitrogens with zero attached hydrogens (tertiary/aromatic N) is 5. The Kier molecular flexibility index (Phi) is 5.07. The molecule has 2 atom stereocenters. The minimum absolute atomic E-state index is 0.0670. The number of hydrogen-bond acceptors (Lipinski definition) is 6. The fraction of sp³-hybridized carbons (Fsp3) is 0.400. The van der Waals surface area contributed by atoms with Gasteiger partial charge in [-0.1, -0.05) is 12.1 Å². The van der Waals surface area contributed by atoms with Gasteiger partial charge in [0.15, 0.2) is 12.0 Å². The fourth-order valence-corrected chi connectivity index (χ4v) is 3.96. The van der Waals surface area contributed by atoms with Gasteiger partial charge in [0.2, 0.25) is 0 Å². The van der Waals surface area contributed by atoms with E-state index in [-0.39, 0.29) is 35.1 Å². The largest absolute Gasteiger partial charge is 0.416 e. The Hall–Kier alpha value is -3.19. The Morgan fingerprint density at radius 1 is 1.37 bits per heavy atom. The maximum Gasteiger partial charge on any atom is 0.416 e. The molecule has 156 valence electrons. The summed E-state index contributed by atoms with van der Waals surface area (Å²) in [7, 11) is 1.56. The second-order valence-corrected chi connectivity index (χ2v) is 7.33. The Morgan fingerprint density at radius 2 is 2.17 bits per heavy atom. The summed E-state index contributed by atoms with van der Waals surface area (Å²) < 4.78 is 44.2. The van der Waals surface area contributed by atoms with Crippen LogP contribution >= 0.6 is 0 Å². The number of carbonyl (C=O) groups excluding carboxylic acids is 1. The van der Waals surface area contributed by atoms with Crippen molar-refractivity contribution in [2.45, 2.75) is 31.2 Å². The van der Waals surface area contributed by atoms with E-state index in [1.165, 1.54) is 18.3 Å². The van der Waals surface area contributed by atoms with Crippen LogP contribution in [-0.2, 0) is 17.5 Å². The highest BCUT2D eigenvalue weighted by atomic mass is 19.4. The van der Waals surface area contributed by atoms with Crippen LogP contribution in [0.1, 0.15) is 28.0 Å². The standard InChI is InChI=1S/C20H18F3N5O2/c1-30-10-16-6-15(9-27(16)11-24)28-8-13-7-25-18(26-17(13)19(28)29)12-3-2-4-14(5-12)20(21,22)23/h2-5,7,15-16H,6,8-10H2,1H3/t15-,16+/m1/s1. The van der Waals surface area contributed by atoms with E-state index in [2.05, 4.69) is 16.2 Å². The van der Waals surface area contributed by atoms with Crippen molar-refractivity contribution >= 4 is 5.91 Å². The molecule has 1 saturated heterocycles. The van der Waals surface area contributed by atoms with Crippen molar-refractivity contribution in [2.75, 3.05) is 20.3 Å². The number of benzene rings is 1. The lowest BCUT2D eigenvalue weighted by Crippen LogP contribution is -2.37. The Morgan fingerprint density at radius 3 is 2.87 bits per heavy atom. The van der Waals surface area contributed by atoms with Crippen LogP contribution in [0.3, 0.4) is 0 Å². The number of nitriles is 1. The minimum Gasteiger partial charge on any atom is -0.383 e. The minimum atomic E-state index is -4.48. The van der Waals surface area contributed by atoms with Crippen molar-refractivity contribution in [1.82, 2.24) is 19.8 Å². The maximum atomic E-state index is 13.0. The molecular weight excluding hydrogens is 399 g/mol. The molecule has 10 heteroatoms. The third-order valence-corrected chi connectivity index (χ3v) is 5.44. The second-order valence-electron chi connectivity index (χ2n) is 7.33. The molecule has 30 heavy (non-hydrogen) atoms. The zero-order valence-electron chi connectivity index (χ0n) is 16.1. The first-order chi connectivity index (χ1) is 14.3. The maximum absolute atomic E-state index is 13.0. The summed E-state index contributed by atoms with van der Waals surface area (Å²) in [6.45, 7) is 1.09. The lowest BCUT2D eigenvalue weighted by Gasteiger charge is -2.22. The van der Waals surface area contributed by atoms with E-state index in [9.17, 15) is 23.2 Å². The van der Waals surface area contributed by atoms with Gasteiger partial charge in [-0.3, -0.25) is 4.79 Å². The predicted octanol–water partition coefficient (Wildman–Crippen LogP) is 2.69. The Balaban J connectivity index is 1.58. The molecule has 0 saturated carbocycles. The van der Waals surface area contributed by atoms with E-state index in [0.717, 1.165) is 12.1 Å². The number of aromatic nitrogens is 2. The summed E-state index contributed by atoms with van der Waals surface area (Å²) in [5, 5.41) is 9.32. The second kappa shape index (κ2) is 7.57. The van der Waals surface area contributed by atoms with Gasteiger partial charge in [0.1, 0.15) is 5.69 Å². The quantitative estimate of drug-likeness (QED) is 0.712. The third kappa shape index (κ3) is 3.57. The van der Waals surface area contributed by atoms with Crippen LogP contribution in [0.4, 0.5) is 13.2 Å². The Bertz CT molecular complexity index is 1020. The van der Waals surface area contributed by atoms with E-state index in [1.54, 1.807) is 16.9 Å². The van der Waals surface area contributed by atoms with E-state index >= 15 is 0 Å². The monoisotopic (exact) mass is 417 g/mol. The molecule has 0 unspecified atom stereocenters. The Labute approximate surface area is 170 Å². The molecule has 0 N–H and O–H groups in total. The fourth-order valence-electron chi connectivity index (χ4n) is 3.96. The molecule has 0 bridgehead atoms. The highest BCUT2D eigenvalue weighted by molar-refractivity contribution is 5.97. The van der Waals surface area contributed by atoms with Gasteiger partial charge < -0.3 is 14.5 Å². The molecule has 0 aliphatic carbocycles. The van der Waals surface area contributed by atoms with Crippen LogP contribution in [0, 0.1) is 11.5 Å². The van der Waals surface area contributed by atoms with Gasteiger partial charge in [0.05, 0.1) is 30.8 Å². The van der Waals surface area contributed by atoms with Crippen molar-refractivity contribution in [2.24, 2.45) is 0 Å². The van der Waals surface area contributed by atoms with Crippen LogP contribution in [0.5, 0.6) is 0 Å². The highest BCUT2D eigenvalue weighted by Gasteiger charge is 2.41. The van der Waals surface area contributed by atoms with Gasteiger partial charge in [-0.25, -0.2) is 9.97 Å². The average molecular weight is 417 g/mol. The van der Waals surface area contributed by atoms with Gasteiger partial charge in [-0.15, -0.1) is 0 Å². The number of fused-ring (bicyclic) bond motifs is 1. The number of methoxy groups -OCH3 is 1. The number of hydrogen-bond donors (Lipinski definition) is 0. The highest BCUT2D eigenvalue weighted by Crippen LogP contribution is 2.33. The van der Waals surface area contributed by atoms with Crippen LogP contribution in [0.2, 0.25) is 0 Å². The number of ether oxygens (including phenoxy) is 1. The summed E-state index contributed by atoms with van der Waals surface area (Å²) in [6, 6.07) is 4.42. The molecule has 0 spiro atoms. The molecule has 4 rings (SSSR count). The number of amides is 1. The van der Waals surface area contributed by atoms with Crippen LogP contribution in [0.25, 0.3) is 11.4 Å². The lowest BCUT2D eigenvalue weighted by atomic mass is 10.1. The SMILES string of the molecule is COC[C@@H]1C[C@@H](N2Cc3cnc(-c4cccc(C(F)(F)F)c4)nc3C2=O)CN1C#N. The van der Waals surface area contributed by atoms with Gasteiger partial charge in [0.25, 0.3) is 5.91 Å². The first-order valence-electron chi connectivity index (χ1n) is 9.31. The molecule has 1 aromatic heterocycles. The molecule has 7 nitrogen and oxygen atoms in total. The van der Waals surface area contributed by atoms with Gasteiger partial charge in [-0.2, -0.15) is 18.4 Å². The smallest absolute Gasteiger partial charge is 0.383 e. The number of likely N-dealkylation sites (tertiary alicyclic amines) is 1. The summed E-state index contributed by atoms with van der Waals surface area (Å²) in [6.07, 6.45) is -0.269. The lowest BCUT2D eigenvalue weighted by molar-refractivity contribution is -0.137. The summed E-state index contributed by atoms with van der Waals surface area (Å²) >= 11 is 0. The molecule has 2 aliphatic rings. The molecule has 2 aliphatic heterocycles. The molecular formula is C20H18F3N5O2. The third-order valence-electron chi connectivity index (χ3n) is 5.44. The van der Waals surface area contributed by atoms with Crippen molar-refractivity contribution in [3.05, 3.63) is 47.3 Å². The van der Waals surface area contributed by atoms with Crippen molar-refractivity contribution in [1.29, 1.82) is 5.26 Å². The van der Waals surface area contributed by atoms with Crippen molar-refractivity contribution in [3.8, 4) is 17.6 Å². The zero-order valence-corrected chi connectivity index (χ0v) is 16.1. The van der Waals surface area contributed by atoms with E-state index in [4.69, 9.17) is 4.74 Å². The molecule has 1 fully saturated rings. The normalized spacial score (nSPS) is 21.1. The van der Waals surface area contributed by atoms with Crippen LogP contribution < -0.4 is 0 Å². The van der Waals surface area contributed by atoms with Crippen LogP contribution in [0.15, 0.2) is 30.5 Å². The summed E-state index contributed by atoms with van der Waals surface area (Å²) in [5.74, 6) is -0.237. The first kappa shape index (κ1) is 20.1. The van der Waals surface area contributed by atoms with Gasteiger partial charge >= 0.3 is 6.18 Å². The van der Waals surface area contributed by atoms with Crippen LogP contribution in [-0.4, -0.2) is 58.0 Å². The number of carbonyl (C=O) groups is 1. The molecule has 1 amide bonds. The van der Waals surface area contributed by atoms with Crippen molar-refractivity contribution < 1.29 is 22.7 Å². The van der Waals surface area contributed by atoms with E-state index in [0.29, 0.717) is 31.7 Å². The summed E-state index contributed by atoms with van der Waals surface area (Å²) in [4.78, 5) is 24.7.